The number of para-hydroxylation sites is 3. The first-order valence-electron chi connectivity index (χ1n) is 9.61. The first kappa shape index (κ1) is 17.7. The van der Waals surface area contributed by atoms with E-state index in [1.165, 1.54) is 10.9 Å². The maximum atomic E-state index is 13.5. The minimum Gasteiger partial charge on any atom is -0.268 e. The summed E-state index contributed by atoms with van der Waals surface area (Å²) in [5.41, 5.74) is 3.38. The van der Waals surface area contributed by atoms with E-state index in [1.807, 2.05) is 72.1 Å². The van der Waals surface area contributed by atoms with E-state index in [4.69, 9.17) is 9.97 Å². The normalized spacial score (nSPS) is 11.9. The molecule has 0 amide bonds. The number of benzene rings is 2. The van der Waals surface area contributed by atoms with Crippen LogP contribution in [0.2, 0.25) is 0 Å². The summed E-state index contributed by atoms with van der Waals surface area (Å²) in [6.45, 7) is 0. The van der Waals surface area contributed by atoms with Crippen LogP contribution in [0, 0.1) is 0 Å². The number of nitrogens with zero attached hydrogens (tertiary/aromatic N) is 6. The van der Waals surface area contributed by atoms with Crippen LogP contribution in [0.15, 0.2) is 88.3 Å². The van der Waals surface area contributed by atoms with Crippen molar-refractivity contribution in [1.82, 2.24) is 24.2 Å². The van der Waals surface area contributed by atoms with Crippen LogP contribution in [0.3, 0.4) is 0 Å². The molecule has 0 aliphatic heterocycles. The molecule has 8 heteroatoms. The Balaban J connectivity index is 1.72. The lowest BCUT2D eigenvalue weighted by Crippen LogP contribution is -2.18. The van der Waals surface area contributed by atoms with Gasteiger partial charge in [0.15, 0.2) is 11.3 Å². The van der Waals surface area contributed by atoms with Gasteiger partial charge >= 0.3 is 0 Å². The zero-order valence-electron chi connectivity index (χ0n) is 16.1. The highest BCUT2D eigenvalue weighted by Crippen LogP contribution is 2.25. The van der Waals surface area contributed by atoms with E-state index in [9.17, 15) is 4.79 Å². The third-order valence-corrected chi connectivity index (χ3v) is 5.83. The molecule has 6 rings (SSSR count). The van der Waals surface area contributed by atoms with Crippen molar-refractivity contribution >= 4 is 50.8 Å². The van der Waals surface area contributed by atoms with Crippen LogP contribution in [-0.2, 0) is 0 Å². The molecule has 0 radical (unpaired) electrons. The van der Waals surface area contributed by atoms with E-state index in [0.29, 0.717) is 27.7 Å². The summed E-state index contributed by atoms with van der Waals surface area (Å²) in [5.74, 6) is 0. The fraction of sp³-hybridized carbons (Fsp3) is 0. The molecule has 0 N–H and O–H groups in total. The Bertz CT molecular complexity index is 1650. The third kappa shape index (κ3) is 2.84. The summed E-state index contributed by atoms with van der Waals surface area (Å²) in [6, 6.07) is 20.9. The summed E-state index contributed by atoms with van der Waals surface area (Å²) < 4.78 is 3.12. The lowest BCUT2D eigenvalue weighted by Gasteiger charge is -2.04. The standard InChI is InChI=1S/C23H14N6OS/c30-23-19-20-22(27-18-11-5-4-10-17(18)26-20)29(25-13-16-9-6-12-31-16)21(19)24-14-28(23)15-7-2-1-3-8-15/h1-14H/b25-13+. The molecule has 0 bridgehead atoms. The van der Waals surface area contributed by atoms with Crippen LogP contribution in [-0.4, -0.2) is 30.4 Å². The minimum atomic E-state index is -0.212. The highest BCUT2D eigenvalue weighted by atomic mass is 32.1. The highest BCUT2D eigenvalue weighted by molar-refractivity contribution is 7.11. The van der Waals surface area contributed by atoms with Gasteiger partial charge in [-0.05, 0) is 35.7 Å². The summed E-state index contributed by atoms with van der Waals surface area (Å²) >= 11 is 1.58. The predicted octanol–water partition coefficient (Wildman–Crippen LogP) is 4.23. The van der Waals surface area contributed by atoms with Crippen molar-refractivity contribution in [2.45, 2.75) is 0 Å². The van der Waals surface area contributed by atoms with Gasteiger partial charge in [-0.2, -0.15) is 9.78 Å². The first-order chi connectivity index (χ1) is 15.3. The molecule has 0 fully saturated rings. The molecular formula is C23H14N6OS. The quantitative estimate of drug-likeness (QED) is 0.400. The second-order valence-electron chi connectivity index (χ2n) is 6.91. The number of hydrogen-bond donors (Lipinski definition) is 0. The fourth-order valence-electron chi connectivity index (χ4n) is 3.58. The molecule has 148 valence electrons. The Hall–Kier alpha value is -4.17. The average molecular weight is 422 g/mol. The number of hydrogen-bond acceptors (Lipinski definition) is 6. The van der Waals surface area contributed by atoms with Crippen molar-refractivity contribution < 1.29 is 0 Å². The van der Waals surface area contributed by atoms with Crippen LogP contribution in [0.5, 0.6) is 0 Å². The second kappa shape index (κ2) is 6.96. The molecule has 4 heterocycles. The Morgan fingerprint density at radius 3 is 2.42 bits per heavy atom. The van der Waals surface area contributed by atoms with Crippen LogP contribution >= 0.6 is 11.3 Å². The van der Waals surface area contributed by atoms with Crippen LogP contribution in [0.25, 0.3) is 38.9 Å². The number of thiophene rings is 1. The average Bonchev–Trinajstić information content (AvgIpc) is 3.43. The SMILES string of the molecule is O=c1c2c3nc4ccccc4nc3n(/N=C/c3cccs3)c2ncn1-c1ccccc1. The van der Waals surface area contributed by atoms with Crippen LogP contribution in [0.1, 0.15) is 4.88 Å². The van der Waals surface area contributed by atoms with Crippen LogP contribution < -0.4 is 5.56 Å². The Morgan fingerprint density at radius 1 is 0.871 bits per heavy atom. The second-order valence-corrected chi connectivity index (χ2v) is 7.89. The molecule has 0 atom stereocenters. The molecule has 2 aromatic carbocycles. The molecular weight excluding hydrogens is 408 g/mol. The summed E-state index contributed by atoms with van der Waals surface area (Å²) in [5, 5.41) is 6.98. The van der Waals surface area contributed by atoms with Gasteiger partial charge in [0, 0.05) is 4.88 Å². The molecule has 6 aromatic rings. The van der Waals surface area contributed by atoms with Crippen molar-refractivity contribution in [3.63, 3.8) is 0 Å². The molecule has 31 heavy (non-hydrogen) atoms. The monoisotopic (exact) mass is 422 g/mol. The Kier molecular flexibility index (Phi) is 3.97. The Labute approximate surface area is 179 Å². The van der Waals surface area contributed by atoms with E-state index < -0.39 is 0 Å². The number of aromatic nitrogens is 5. The van der Waals surface area contributed by atoms with Gasteiger partial charge in [-0.1, -0.05) is 36.4 Å². The van der Waals surface area contributed by atoms with Crippen molar-refractivity contribution in [1.29, 1.82) is 0 Å². The summed E-state index contributed by atoms with van der Waals surface area (Å²) in [4.78, 5) is 28.6. The maximum Gasteiger partial charge on any atom is 0.269 e. The van der Waals surface area contributed by atoms with Crippen molar-refractivity contribution in [2.24, 2.45) is 5.10 Å². The van der Waals surface area contributed by atoms with Gasteiger partial charge in [0.2, 0.25) is 0 Å². The van der Waals surface area contributed by atoms with Gasteiger partial charge in [-0.25, -0.2) is 15.0 Å². The number of rotatable bonds is 3. The molecule has 0 unspecified atom stereocenters. The highest BCUT2D eigenvalue weighted by Gasteiger charge is 2.20. The number of fused-ring (bicyclic) bond motifs is 4. The van der Waals surface area contributed by atoms with E-state index in [2.05, 4.69) is 10.1 Å². The molecule has 0 saturated carbocycles. The van der Waals surface area contributed by atoms with Gasteiger partial charge in [0.05, 0.1) is 22.9 Å². The van der Waals surface area contributed by atoms with Crippen LogP contribution in [0.4, 0.5) is 0 Å². The van der Waals surface area contributed by atoms with Gasteiger partial charge in [-0.15, -0.1) is 11.3 Å². The zero-order chi connectivity index (χ0) is 20.8. The van der Waals surface area contributed by atoms with Gasteiger partial charge in [-0.3, -0.25) is 9.36 Å². The molecule has 7 nitrogen and oxygen atoms in total. The third-order valence-electron chi connectivity index (χ3n) is 5.02. The predicted molar refractivity (Wildman–Crippen MR) is 123 cm³/mol. The maximum absolute atomic E-state index is 13.5. The molecule has 0 aliphatic rings. The van der Waals surface area contributed by atoms with Gasteiger partial charge in [0.25, 0.3) is 5.56 Å². The largest absolute Gasteiger partial charge is 0.269 e. The lowest BCUT2D eigenvalue weighted by molar-refractivity contribution is 0.906. The van der Waals surface area contributed by atoms with Crippen molar-refractivity contribution in [3.8, 4) is 5.69 Å². The topological polar surface area (TPSA) is 78.0 Å². The van der Waals surface area contributed by atoms with E-state index in [1.54, 1.807) is 22.2 Å². The molecule has 4 aromatic heterocycles. The smallest absolute Gasteiger partial charge is 0.268 e. The molecule has 0 saturated heterocycles. The van der Waals surface area contributed by atoms with E-state index in [0.717, 1.165) is 16.1 Å². The first-order valence-corrected chi connectivity index (χ1v) is 10.5. The zero-order valence-corrected chi connectivity index (χ0v) is 16.9. The lowest BCUT2D eigenvalue weighted by atomic mass is 10.3. The van der Waals surface area contributed by atoms with E-state index in [-0.39, 0.29) is 5.56 Å². The Morgan fingerprint density at radius 2 is 1.65 bits per heavy atom. The fourth-order valence-corrected chi connectivity index (χ4v) is 4.16. The van der Waals surface area contributed by atoms with E-state index >= 15 is 0 Å². The molecule has 0 spiro atoms. The summed E-state index contributed by atoms with van der Waals surface area (Å²) in [6.07, 6.45) is 3.26. The van der Waals surface area contributed by atoms with Gasteiger partial charge < -0.3 is 0 Å². The van der Waals surface area contributed by atoms with Crippen molar-refractivity contribution in [2.75, 3.05) is 0 Å². The molecule has 0 aliphatic carbocycles. The van der Waals surface area contributed by atoms with Gasteiger partial charge in [0.1, 0.15) is 17.2 Å². The minimum absolute atomic E-state index is 0.212. The van der Waals surface area contributed by atoms with Crippen molar-refractivity contribution in [3.05, 3.63) is 93.7 Å². The summed E-state index contributed by atoms with van der Waals surface area (Å²) in [7, 11) is 0.